The minimum Gasteiger partial charge on any atom is -0.481 e. The van der Waals surface area contributed by atoms with Crippen LogP contribution in [0.2, 0.25) is 0 Å². The Bertz CT molecular complexity index is 906. The normalized spacial score (nSPS) is 16.4. The molecule has 7 heteroatoms. The van der Waals surface area contributed by atoms with Crippen LogP contribution in [0.4, 0.5) is 0 Å². The number of piperazine rings is 1. The third-order valence-electron chi connectivity index (χ3n) is 5.05. The Labute approximate surface area is 173 Å². The van der Waals surface area contributed by atoms with Crippen LogP contribution in [-0.2, 0) is 21.2 Å². The van der Waals surface area contributed by atoms with Crippen LogP contribution < -0.4 is 4.74 Å². The van der Waals surface area contributed by atoms with Crippen molar-refractivity contribution in [3.63, 3.8) is 0 Å². The van der Waals surface area contributed by atoms with Crippen molar-refractivity contribution in [1.29, 1.82) is 0 Å². The van der Waals surface area contributed by atoms with Crippen LogP contribution in [0.1, 0.15) is 25.8 Å². The van der Waals surface area contributed by atoms with E-state index in [2.05, 4.69) is 6.92 Å². The number of carbonyl (C=O) groups is 1. The van der Waals surface area contributed by atoms with Crippen molar-refractivity contribution in [1.82, 2.24) is 9.21 Å². The molecule has 1 fully saturated rings. The van der Waals surface area contributed by atoms with Crippen LogP contribution in [-0.4, -0.2) is 55.8 Å². The fraction of sp³-hybridized carbons (Fsp3) is 0.409. The first-order valence-corrected chi connectivity index (χ1v) is 11.5. The van der Waals surface area contributed by atoms with E-state index in [1.54, 1.807) is 36.1 Å². The number of carbonyl (C=O) groups excluding carboxylic acids is 1. The molecule has 29 heavy (non-hydrogen) atoms. The van der Waals surface area contributed by atoms with E-state index in [-0.39, 0.29) is 19.0 Å². The Morgan fingerprint density at radius 1 is 1.00 bits per heavy atom. The summed E-state index contributed by atoms with van der Waals surface area (Å²) in [5.74, 6) is 0.510. The Kier molecular flexibility index (Phi) is 6.92. The van der Waals surface area contributed by atoms with Crippen molar-refractivity contribution in [2.24, 2.45) is 0 Å². The van der Waals surface area contributed by atoms with Gasteiger partial charge in [0.2, 0.25) is 10.0 Å². The van der Waals surface area contributed by atoms with E-state index in [0.29, 0.717) is 23.7 Å². The van der Waals surface area contributed by atoms with Gasteiger partial charge in [0.05, 0.1) is 4.90 Å². The third kappa shape index (κ3) is 5.16. The quantitative estimate of drug-likeness (QED) is 0.696. The van der Waals surface area contributed by atoms with Gasteiger partial charge in [-0.3, -0.25) is 4.79 Å². The van der Waals surface area contributed by atoms with E-state index in [1.165, 1.54) is 4.31 Å². The van der Waals surface area contributed by atoms with Crippen molar-refractivity contribution < 1.29 is 17.9 Å². The molecule has 156 valence electrons. The van der Waals surface area contributed by atoms with E-state index in [0.717, 1.165) is 18.4 Å². The predicted molar refractivity (Wildman–Crippen MR) is 112 cm³/mol. The number of amides is 1. The number of hydrogen-bond acceptors (Lipinski definition) is 4. The van der Waals surface area contributed by atoms with Crippen molar-refractivity contribution in [3.8, 4) is 5.75 Å². The smallest absolute Gasteiger partial charge is 0.263 e. The molecule has 1 heterocycles. The van der Waals surface area contributed by atoms with Crippen molar-refractivity contribution in [2.75, 3.05) is 26.2 Å². The second kappa shape index (κ2) is 9.41. The molecule has 6 nitrogen and oxygen atoms in total. The lowest BCUT2D eigenvalue weighted by atomic mass is 10.1. The number of rotatable bonds is 7. The molecule has 3 rings (SSSR count). The molecule has 0 aromatic heterocycles. The minimum atomic E-state index is -3.55. The Morgan fingerprint density at radius 2 is 1.62 bits per heavy atom. The van der Waals surface area contributed by atoms with Gasteiger partial charge in [0.15, 0.2) is 6.10 Å². The molecule has 2 aromatic carbocycles. The molecule has 0 radical (unpaired) electrons. The maximum atomic E-state index is 12.9. The first-order valence-electron chi connectivity index (χ1n) is 10.0. The van der Waals surface area contributed by atoms with Crippen molar-refractivity contribution in [2.45, 2.75) is 37.7 Å². The zero-order valence-corrected chi connectivity index (χ0v) is 17.8. The lowest BCUT2D eigenvalue weighted by Crippen LogP contribution is -2.53. The summed E-state index contributed by atoms with van der Waals surface area (Å²) >= 11 is 0. The molecule has 1 aliphatic heterocycles. The summed E-state index contributed by atoms with van der Waals surface area (Å²) in [4.78, 5) is 14.6. The topological polar surface area (TPSA) is 66.9 Å². The fourth-order valence-electron chi connectivity index (χ4n) is 3.43. The van der Waals surface area contributed by atoms with E-state index >= 15 is 0 Å². The second-order valence-corrected chi connectivity index (χ2v) is 9.13. The summed E-state index contributed by atoms with van der Waals surface area (Å²) < 4.78 is 33.0. The largest absolute Gasteiger partial charge is 0.481 e. The monoisotopic (exact) mass is 416 g/mol. The SMILES string of the molecule is CCCc1ccc(S(=O)(=O)N2CCN(C(=O)[C@@H](C)Oc3ccccc3)CC2)cc1. The molecule has 0 bridgehead atoms. The lowest BCUT2D eigenvalue weighted by Gasteiger charge is -2.35. The molecule has 1 amide bonds. The van der Waals surface area contributed by atoms with E-state index in [9.17, 15) is 13.2 Å². The Morgan fingerprint density at radius 3 is 2.21 bits per heavy atom. The molecule has 0 unspecified atom stereocenters. The molecule has 0 spiro atoms. The molecule has 2 aromatic rings. The van der Waals surface area contributed by atoms with Gasteiger partial charge in [-0.15, -0.1) is 0 Å². The summed E-state index contributed by atoms with van der Waals surface area (Å²) in [5, 5.41) is 0. The second-order valence-electron chi connectivity index (χ2n) is 7.20. The van der Waals surface area contributed by atoms with Gasteiger partial charge in [0, 0.05) is 26.2 Å². The first kappa shape index (κ1) is 21.3. The van der Waals surface area contributed by atoms with Crippen LogP contribution in [0.5, 0.6) is 5.75 Å². The van der Waals surface area contributed by atoms with Gasteiger partial charge in [0.1, 0.15) is 5.75 Å². The predicted octanol–water partition coefficient (Wildman–Crippen LogP) is 2.94. The molecule has 0 aliphatic carbocycles. The van der Waals surface area contributed by atoms with Crippen molar-refractivity contribution in [3.05, 3.63) is 60.2 Å². The zero-order chi connectivity index (χ0) is 20.9. The summed E-state index contributed by atoms with van der Waals surface area (Å²) in [6.45, 7) is 5.09. The summed E-state index contributed by atoms with van der Waals surface area (Å²) in [5.41, 5.74) is 1.13. The van der Waals surface area contributed by atoms with Gasteiger partial charge in [0.25, 0.3) is 5.91 Å². The molecule has 1 saturated heterocycles. The zero-order valence-electron chi connectivity index (χ0n) is 17.0. The average molecular weight is 417 g/mol. The van der Waals surface area contributed by atoms with E-state index < -0.39 is 16.1 Å². The number of ether oxygens (including phenoxy) is 1. The highest BCUT2D eigenvalue weighted by Crippen LogP contribution is 2.20. The summed E-state index contributed by atoms with van der Waals surface area (Å²) in [6, 6.07) is 16.3. The Hall–Kier alpha value is -2.38. The number of nitrogens with zero attached hydrogens (tertiary/aromatic N) is 2. The van der Waals surface area contributed by atoms with Crippen LogP contribution in [0.15, 0.2) is 59.5 Å². The minimum absolute atomic E-state index is 0.130. The van der Waals surface area contributed by atoms with Gasteiger partial charge in [-0.05, 0) is 43.2 Å². The third-order valence-corrected chi connectivity index (χ3v) is 6.97. The van der Waals surface area contributed by atoms with Gasteiger partial charge in [-0.25, -0.2) is 8.42 Å². The molecular weight excluding hydrogens is 388 g/mol. The first-order chi connectivity index (χ1) is 13.9. The lowest BCUT2D eigenvalue weighted by molar-refractivity contribution is -0.139. The van der Waals surface area contributed by atoms with Gasteiger partial charge in [-0.1, -0.05) is 43.7 Å². The van der Waals surface area contributed by atoms with Crippen molar-refractivity contribution >= 4 is 15.9 Å². The number of sulfonamides is 1. The number of para-hydroxylation sites is 1. The Balaban J connectivity index is 1.58. The number of hydrogen-bond donors (Lipinski definition) is 0. The highest BCUT2D eigenvalue weighted by Gasteiger charge is 2.32. The highest BCUT2D eigenvalue weighted by molar-refractivity contribution is 7.89. The van der Waals surface area contributed by atoms with Gasteiger partial charge >= 0.3 is 0 Å². The van der Waals surface area contributed by atoms with E-state index in [4.69, 9.17) is 4.74 Å². The molecule has 1 atom stereocenters. The molecule has 0 N–H and O–H groups in total. The maximum Gasteiger partial charge on any atom is 0.263 e. The number of benzene rings is 2. The van der Waals surface area contributed by atoms with Gasteiger partial charge in [-0.2, -0.15) is 4.31 Å². The molecular formula is C22H28N2O4S. The van der Waals surface area contributed by atoms with Crippen LogP contribution >= 0.6 is 0 Å². The molecule has 1 aliphatic rings. The highest BCUT2D eigenvalue weighted by atomic mass is 32.2. The van der Waals surface area contributed by atoms with Crippen LogP contribution in [0, 0.1) is 0 Å². The van der Waals surface area contributed by atoms with E-state index in [1.807, 2.05) is 30.3 Å². The average Bonchev–Trinajstić information content (AvgIpc) is 2.74. The molecule has 0 saturated carbocycles. The summed E-state index contributed by atoms with van der Waals surface area (Å²) in [6.07, 6.45) is 1.34. The van der Waals surface area contributed by atoms with Crippen LogP contribution in [0.25, 0.3) is 0 Å². The van der Waals surface area contributed by atoms with Crippen LogP contribution in [0.3, 0.4) is 0 Å². The number of aryl methyl sites for hydroxylation is 1. The van der Waals surface area contributed by atoms with Gasteiger partial charge < -0.3 is 9.64 Å². The standard InChI is InChI=1S/C22H28N2O4S/c1-3-7-19-10-12-21(13-11-19)29(26,27)24-16-14-23(15-17-24)22(25)18(2)28-20-8-5-4-6-9-20/h4-6,8-13,18H,3,7,14-17H2,1-2H3/t18-/m1/s1. The fourth-order valence-corrected chi connectivity index (χ4v) is 4.85. The summed E-state index contributed by atoms with van der Waals surface area (Å²) in [7, 11) is -3.55. The maximum absolute atomic E-state index is 12.9.